The van der Waals surface area contributed by atoms with Crippen LogP contribution in [0.4, 0.5) is 0 Å². The molecule has 0 aromatic heterocycles. The minimum Gasteiger partial charge on any atom is -0.0613 e. The number of rotatable bonds is 4. The molecule has 0 saturated carbocycles. The maximum absolute atomic E-state index is 2.22. The van der Waals surface area contributed by atoms with E-state index in [9.17, 15) is 0 Å². The van der Waals surface area contributed by atoms with Crippen LogP contribution in [0, 0.1) is 0 Å². The van der Waals surface area contributed by atoms with Crippen LogP contribution >= 0.6 is 0 Å². The van der Waals surface area contributed by atoms with Gasteiger partial charge in [0.2, 0.25) is 0 Å². The molecule has 0 heterocycles. The maximum atomic E-state index is 2.22. The summed E-state index contributed by atoms with van der Waals surface area (Å²) < 4.78 is 0. The molecule has 0 aliphatic rings. The number of hydrogen-bond acceptors (Lipinski definition) is 0. The second-order valence-corrected chi connectivity index (χ2v) is 5.25. The van der Waals surface area contributed by atoms with Gasteiger partial charge in [-0.3, -0.25) is 0 Å². The van der Waals surface area contributed by atoms with Crippen LogP contribution in [0.5, 0.6) is 0 Å². The predicted molar refractivity (Wildman–Crippen MR) is 85.3 cm³/mol. The van der Waals surface area contributed by atoms with Crippen molar-refractivity contribution < 1.29 is 0 Å². The Morgan fingerprint density at radius 3 is 1.68 bits per heavy atom. The fourth-order valence-corrected chi connectivity index (χ4v) is 2.05. The van der Waals surface area contributed by atoms with Gasteiger partial charge in [-0.15, -0.1) is 0 Å². The van der Waals surface area contributed by atoms with Crippen molar-refractivity contribution in [2.45, 2.75) is 33.1 Å². The molecule has 0 radical (unpaired) electrons. The third-order valence-electron chi connectivity index (χ3n) is 3.46. The molecule has 0 fully saturated rings. The Morgan fingerprint density at radius 2 is 1.26 bits per heavy atom. The van der Waals surface area contributed by atoms with Crippen LogP contribution < -0.4 is 0 Å². The van der Waals surface area contributed by atoms with Gasteiger partial charge in [-0.2, -0.15) is 0 Å². The quantitative estimate of drug-likeness (QED) is 0.625. The first-order chi connectivity index (χ1) is 9.19. The highest BCUT2D eigenvalue weighted by Crippen LogP contribution is 2.16. The summed E-state index contributed by atoms with van der Waals surface area (Å²) in [6, 6.07) is 17.5. The molecule has 0 unspecified atom stereocenters. The van der Waals surface area contributed by atoms with Crippen molar-refractivity contribution in [1.29, 1.82) is 0 Å². The normalized spacial score (nSPS) is 11.4. The first kappa shape index (κ1) is 13.6. The smallest absolute Gasteiger partial charge is 0.0219 e. The van der Waals surface area contributed by atoms with Gasteiger partial charge >= 0.3 is 0 Å². The zero-order valence-corrected chi connectivity index (χ0v) is 12.1. The SMILES string of the molecule is CCc1ccc(/C=C/c2ccc(C(C)C)cc2)cc1. The number of aryl methyl sites for hydroxylation is 1. The molecule has 0 N–H and O–H groups in total. The molecule has 0 heteroatoms. The molecule has 0 spiro atoms. The van der Waals surface area contributed by atoms with E-state index in [2.05, 4.69) is 81.5 Å². The first-order valence-electron chi connectivity index (χ1n) is 7.06. The molecule has 2 rings (SSSR count). The summed E-state index contributed by atoms with van der Waals surface area (Å²) in [6.45, 7) is 6.63. The Bertz CT molecular complexity index is 527. The Hall–Kier alpha value is -1.82. The van der Waals surface area contributed by atoms with Gasteiger partial charge in [0.25, 0.3) is 0 Å². The molecule has 0 aliphatic heterocycles. The molecule has 0 nitrogen and oxygen atoms in total. The summed E-state index contributed by atoms with van der Waals surface area (Å²) in [5, 5.41) is 0. The van der Waals surface area contributed by atoms with E-state index in [-0.39, 0.29) is 0 Å². The van der Waals surface area contributed by atoms with Crippen LogP contribution in [0.2, 0.25) is 0 Å². The first-order valence-corrected chi connectivity index (χ1v) is 7.06. The molecule has 0 amide bonds. The lowest BCUT2D eigenvalue weighted by molar-refractivity contribution is 0.866. The summed E-state index contributed by atoms with van der Waals surface area (Å²) in [7, 11) is 0. The minimum atomic E-state index is 0.597. The average Bonchev–Trinajstić information content (AvgIpc) is 2.46. The van der Waals surface area contributed by atoms with Crippen LogP contribution in [0.15, 0.2) is 48.5 Å². The summed E-state index contributed by atoms with van der Waals surface area (Å²) in [5.41, 5.74) is 5.29. The predicted octanol–water partition coefficient (Wildman–Crippen LogP) is 5.54. The minimum absolute atomic E-state index is 0.597. The number of benzene rings is 2. The highest BCUT2D eigenvalue weighted by atomic mass is 14.0. The van der Waals surface area contributed by atoms with Crippen LogP contribution in [-0.2, 0) is 6.42 Å². The van der Waals surface area contributed by atoms with Gasteiger partial charge in [-0.25, -0.2) is 0 Å². The standard InChI is InChI=1S/C19H22/c1-4-16-5-7-17(8-6-16)9-10-18-11-13-19(14-12-18)15(2)3/h5-15H,4H2,1-3H3/b10-9+. The molecule has 98 valence electrons. The second kappa shape index (κ2) is 6.38. The van der Waals surface area contributed by atoms with E-state index < -0.39 is 0 Å². The monoisotopic (exact) mass is 250 g/mol. The summed E-state index contributed by atoms with van der Waals surface area (Å²) in [5.74, 6) is 0.597. The van der Waals surface area contributed by atoms with Crippen molar-refractivity contribution in [3.8, 4) is 0 Å². The zero-order valence-electron chi connectivity index (χ0n) is 12.1. The van der Waals surface area contributed by atoms with E-state index in [1.807, 2.05) is 0 Å². The van der Waals surface area contributed by atoms with Gasteiger partial charge in [-0.1, -0.05) is 81.5 Å². The Kier molecular flexibility index (Phi) is 4.57. The van der Waals surface area contributed by atoms with E-state index in [4.69, 9.17) is 0 Å². The Labute approximate surface area is 116 Å². The molecule has 2 aromatic rings. The third-order valence-corrected chi connectivity index (χ3v) is 3.46. The van der Waals surface area contributed by atoms with E-state index in [0.29, 0.717) is 5.92 Å². The second-order valence-electron chi connectivity index (χ2n) is 5.25. The summed E-state index contributed by atoms with van der Waals surface area (Å²) >= 11 is 0. The molecular weight excluding hydrogens is 228 g/mol. The van der Waals surface area contributed by atoms with Crippen molar-refractivity contribution in [3.63, 3.8) is 0 Å². The topological polar surface area (TPSA) is 0 Å². The van der Waals surface area contributed by atoms with E-state index in [1.54, 1.807) is 0 Å². The fourth-order valence-electron chi connectivity index (χ4n) is 2.05. The largest absolute Gasteiger partial charge is 0.0613 e. The van der Waals surface area contributed by atoms with E-state index >= 15 is 0 Å². The van der Waals surface area contributed by atoms with Crippen LogP contribution in [0.25, 0.3) is 12.2 Å². The van der Waals surface area contributed by atoms with Crippen molar-refractivity contribution in [2.24, 2.45) is 0 Å². The Morgan fingerprint density at radius 1 is 0.789 bits per heavy atom. The Balaban J connectivity index is 2.08. The number of hydrogen-bond donors (Lipinski definition) is 0. The molecule has 0 aliphatic carbocycles. The van der Waals surface area contributed by atoms with Crippen LogP contribution in [0.1, 0.15) is 48.9 Å². The average molecular weight is 250 g/mol. The summed E-state index contributed by atoms with van der Waals surface area (Å²) in [6.07, 6.45) is 5.44. The van der Waals surface area contributed by atoms with Gasteiger partial charge in [0, 0.05) is 0 Å². The highest BCUT2D eigenvalue weighted by Gasteiger charge is 1.97. The summed E-state index contributed by atoms with van der Waals surface area (Å²) in [4.78, 5) is 0. The van der Waals surface area contributed by atoms with E-state index in [1.165, 1.54) is 22.3 Å². The van der Waals surface area contributed by atoms with Crippen LogP contribution in [0.3, 0.4) is 0 Å². The van der Waals surface area contributed by atoms with Crippen LogP contribution in [-0.4, -0.2) is 0 Å². The molecule has 19 heavy (non-hydrogen) atoms. The fraction of sp³-hybridized carbons (Fsp3) is 0.263. The lowest BCUT2D eigenvalue weighted by Gasteiger charge is -2.04. The van der Waals surface area contributed by atoms with Gasteiger partial charge in [-0.05, 0) is 34.6 Å². The van der Waals surface area contributed by atoms with Crippen molar-refractivity contribution >= 4 is 12.2 Å². The van der Waals surface area contributed by atoms with Crippen molar-refractivity contribution in [3.05, 3.63) is 70.8 Å². The van der Waals surface area contributed by atoms with Gasteiger partial charge < -0.3 is 0 Å². The molecule has 2 aromatic carbocycles. The maximum Gasteiger partial charge on any atom is -0.0219 e. The molecule has 0 bridgehead atoms. The van der Waals surface area contributed by atoms with Crippen molar-refractivity contribution in [2.75, 3.05) is 0 Å². The van der Waals surface area contributed by atoms with Gasteiger partial charge in [0.15, 0.2) is 0 Å². The van der Waals surface area contributed by atoms with E-state index in [0.717, 1.165) is 6.42 Å². The lowest BCUT2D eigenvalue weighted by Crippen LogP contribution is -1.85. The molecular formula is C19H22. The lowest BCUT2D eigenvalue weighted by atomic mass is 10.0. The third kappa shape index (κ3) is 3.82. The molecule has 0 saturated heterocycles. The van der Waals surface area contributed by atoms with Gasteiger partial charge in [0.1, 0.15) is 0 Å². The zero-order chi connectivity index (χ0) is 13.7. The van der Waals surface area contributed by atoms with Gasteiger partial charge in [0.05, 0.1) is 0 Å². The van der Waals surface area contributed by atoms with Crippen molar-refractivity contribution in [1.82, 2.24) is 0 Å². The molecule has 0 atom stereocenters. The highest BCUT2D eigenvalue weighted by molar-refractivity contribution is 5.69.